The van der Waals surface area contributed by atoms with Gasteiger partial charge in [0.15, 0.2) is 6.10 Å². The first-order chi connectivity index (χ1) is 15.7. The van der Waals surface area contributed by atoms with E-state index in [1.165, 1.54) is 6.20 Å². The Morgan fingerprint density at radius 2 is 1.91 bits per heavy atom. The van der Waals surface area contributed by atoms with Crippen molar-refractivity contribution in [2.24, 2.45) is 0 Å². The van der Waals surface area contributed by atoms with Gasteiger partial charge in [0.1, 0.15) is 5.82 Å². The Labute approximate surface area is 198 Å². The van der Waals surface area contributed by atoms with Gasteiger partial charge in [-0.25, -0.2) is 4.98 Å². The van der Waals surface area contributed by atoms with Crippen LogP contribution < -0.4 is 16.4 Å². The molecule has 0 aliphatic rings. The highest BCUT2D eigenvalue weighted by Crippen LogP contribution is 2.32. The minimum Gasteiger partial charge on any atom is -0.383 e. The molecule has 1 unspecified atom stereocenters. The maximum Gasteiger partial charge on any atom is 0.257 e. The minimum atomic E-state index is -1.31. The van der Waals surface area contributed by atoms with Crippen molar-refractivity contribution in [1.82, 2.24) is 10.3 Å². The number of aliphatic hydroxyl groups is 1. The molecule has 0 spiro atoms. The second kappa shape index (κ2) is 10.5. The van der Waals surface area contributed by atoms with Crippen molar-refractivity contribution in [2.45, 2.75) is 39.3 Å². The van der Waals surface area contributed by atoms with Gasteiger partial charge in [-0.2, -0.15) is 0 Å². The van der Waals surface area contributed by atoms with E-state index in [0.717, 1.165) is 12.0 Å². The summed E-state index contributed by atoms with van der Waals surface area (Å²) in [6, 6.07) is 13.8. The highest BCUT2D eigenvalue weighted by Gasteiger charge is 2.19. The number of benzene rings is 2. The molecule has 0 saturated carbocycles. The number of halogens is 1. The fraction of sp³-hybridized carbons (Fsp3) is 0.240. The highest BCUT2D eigenvalue weighted by atomic mass is 35.5. The van der Waals surface area contributed by atoms with Gasteiger partial charge in [0.2, 0.25) is 0 Å². The van der Waals surface area contributed by atoms with E-state index < -0.39 is 12.0 Å². The molecule has 0 saturated heterocycles. The standard InChI is InChI=1S/C25H27ClN4O3/c1-4-15-6-5-7-16(10-15)22(31)25(33)30-18-8-9-19(21(26)12-18)17-11-20(23(27)28-13-17)24(32)29-14(2)3/h5-14,22,31H,4H2,1-3H3,(H2,27,28)(H,29,32)(H,30,33). The van der Waals surface area contributed by atoms with E-state index in [-0.39, 0.29) is 23.3 Å². The van der Waals surface area contributed by atoms with E-state index in [9.17, 15) is 14.7 Å². The van der Waals surface area contributed by atoms with Gasteiger partial charge in [-0.1, -0.05) is 48.9 Å². The van der Waals surface area contributed by atoms with Crippen molar-refractivity contribution in [2.75, 3.05) is 11.1 Å². The molecule has 1 aromatic heterocycles. The molecule has 8 heteroatoms. The number of pyridine rings is 1. The third-order valence-corrected chi connectivity index (χ3v) is 5.37. The summed E-state index contributed by atoms with van der Waals surface area (Å²) >= 11 is 6.47. The van der Waals surface area contributed by atoms with Crippen LogP contribution in [0, 0.1) is 0 Å². The number of hydrogen-bond donors (Lipinski definition) is 4. The minimum absolute atomic E-state index is 0.0492. The molecular formula is C25H27ClN4O3. The lowest BCUT2D eigenvalue weighted by atomic mass is 10.0. The smallest absolute Gasteiger partial charge is 0.257 e. The monoisotopic (exact) mass is 466 g/mol. The Kier molecular flexibility index (Phi) is 7.68. The summed E-state index contributed by atoms with van der Waals surface area (Å²) in [6.45, 7) is 5.71. The number of amides is 2. The quantitative estimate of drug-likeness (QED) is 0.412. The van der Waals surface area contributed by atoms with Crippen LogP contribution in [0.1, 0.15) is 48.4 Å². The number of aliphatic hydroxyl groups excluding tert-OH is 1. The van der Waals surface area contributed by atoms with Gasteiger partial charge in [0.05, 0.1) is 10.6 Å². The number of carbonyl (C=O) groups excluding carboxylic acids is 2. The topological polar surface area (TPSA) is 117 Å². The van der Waals surface area contributed by atoms with Crippen LogP contribution >= 0.6 is 11.6 Å². The number of nitrogens with zero attached hydrogens (tertiary/aromatic N) is 1. The van der Waals surface area contributed by atoms with Crippen molar-refractivity contribution in [1.29, 1.82) is 0 Å². The number of anilines is 2. The number of nitrogens with one attached hydrogen (secondary N) is 2. The number of aryl methyl sites for hydroxylation is 1. The van der Waals surface area contributed by atoms with E-state index >= 15 is 0 Å². The Morgan fingerprint density at radius 3 is 2.58 bits per heavy atom. The zero-order valence-corrected chi connectivity index (χ0v) is 19.5. The van der Waals surface area contributed by atoms with Gasteiger partial charge < -0.3 is 21.5 Å². The van der Waals surface area contributed by atoms with E-state index in [2.05, 4.69) is 15.6 Å². The summed E-state index contributed by atoms with van der Waals surface area (Å²) < 4.78 is 0. The maximum atomic E-state index is 12.6. The molecule has 3 rings (SSSR count). The van der Waals surface area contributed by atoms with E-state index in [4.69, 9.17) is 17.3 Å². The second-order valence-electron chi connectivity index (χ2n) is 7.97. The van der Waals surface area contributed by atoms with Gasteiger partial charge in [-0.05, 0) is 49.6 Å². The molecule has 33 heavy (non-hydrogen) atoms. The Morgan fingerprint density at radius 1 is 1.15 bits per heavy atom. The van der Waals surface area contributed by atoms with Crippen LogP contribution in [0.2, 0.25) is 5.02 Å². The average molecular weight is 467 g/mol. The molecular weight excluding hydrogens is 440 g/mol. The predicted octanol–water partition coefficient (Wildman–Crippen LogP) is 4.36. The summed E-state index contributed by atoms with van der Waals surface area (Å²) in [4.78, 5) is 29.1. The predicted molar refractivity (Wildman–Crippen MR) is 131 cm³/mol. The number of nitrogen functional groups attached to an aromatic ring is 1. The number of rotatable bonds is 7. The van der Waals surface area contributed by atoms with Gasteiger partial charge >= 0.3 is 0 Å². The molecule has 1 heterocycles. The lowest BCUT2D eigenvalue weighted by molar-refractivity contribution is -0.124. The second-order valence-corrected chi connectivity index (χ2v) is 8.38. The highest BCUT2D eigenvalue weighted by molar-refractivity contribution is 6.33. The van der Waals surface area contributed by atoms with Crippen LogP contribution in [0.25, 0.3) is 11.1 Å². The SMILES string of the molecule is CCc1cccc(C(O)C(=O)Nc2ccc(-c3cnc(N)c(C(=O)NC(C)C)c3)c(Cl)c2)c1. The number of aromatic nitrogens is 1. The molecule has 0 aliphatic heterocycles. The van der Waals surface area contributed by atoms with Crippen molar-refractivity contribution in [3.8, 4) is 11.1 Å². The van der Waals surface area contributed by atoms with Crippen LogP contribution in [-0.4, -0.2) is 27.9 Å². The average Bonchev–Trinajstić information content (AvgIpc) is 2.78. The molecule has 0 bridgehead atoms. The Bertz CT molecular complexity index is 1180. The van der Waals surface area contributed by atoms with Gasteiger partial charge in [0, 0.05) is 29.1 Å². The van der Waals surface area contributed by atoms with Crippen LogP contribution in [0.5, 0.6) is 0 Å². The van der Waals surface area contributed by atoms with Crippen LogP contribution in [-0.2, 0) is 11.2 Å². The van der Waals surface area contributed by atoms with Crippen LogP contribution in [0.3, 0.4) is 0 Å². The number of nitrogens with two attached hydrogens (primary N) is 1. The van der Waals surface area contributed by atoms with E-state index in [1.54, 1.807) is 36.4 Å². The maximum absolute atomic E-state index is 12.6. The molecule has 0 fully saturated rings. The molecule has 7 nitrogen and oxygen atoms in total. The van der Waals surface area contributed by atoms with E-state index in [1.807, 2.05) is 32.9 Å². The van der Waals surface area contributed by atoms with Crippen molar-refractivity contribution in [3.63, 3.8) is 0 Å². The van der Waals surface area contributed by atoms with Crippen molar-refractivity contribution >= 4 is 34.9 Å². The molecule has 1 atom stereocenters. The third-order valence-electron chi connectivity index (χ3n) is 5.05. The molecule has 2 amide bonds. The largest absolute Gasteiger partial charge is 0.383 e. The normalized spacial score (nSPS) is 11.8. The first-order valence-corrected chi connectivity index (χ1v) is 11.0. The summed E-state index contributed by atoms with van der Waals surface area (Å²) in [5.74, 6) is -0.759. The number of carbonyl (C=O) groups is 2. The first-order valence-electron chi connectivity index (χ1n) is 10.6. The third kappa shape index (κ3) is 5.88. The fourth-order valence-electron chi connectivity index (χ4n) is 3.32. The van der Waals surface area contributed by atoms with Gasteiger partial charge in [0.25, 0.3) is 11.8 Å². The zero-order valence-electron chi connectivity index (χ0n) is 18.7. The summed E-state index contributed by atoms with van der Waals surface area (Å²) in [5.41, 5.74) is 9.35. The molecule has 172 valence electrons. The summed E-state index contributed by atoms with van der Waals surface area (Å²) in [6.07, 6.45) is 1.03. The molecule has 5 N–H and O–H groups in total. The summed E-state index contributed by atoms with van der Waals surface area (Å²) in [5, 5.41) is 16.3. The van der Waals surface area contributed by atoms with Crippen molar-refractivity contribution in [3.05, 3.63) is 76.4 Å². The molecule has 2 aromatic carbocycles. The van der Waals surface area contributed by atoms with Gasteiger partial charge in [-0.15, -0.1) is 0 Å². The summed E-state index contributed by atoms with van der Waals surface area (Å²) in [7, 11) is 0. The molecule has 0 radical (unpaired) electrons. The first kappa shape index (κ1) is 24.2. The lowest BCUT2D eigenvalue weighted by Gasteiger charge is -2.14. The van der Waals surface area contributed by atoms with Crippen molar-refractivity contribution < 1.29 is 14.7 Å². The fourth-order valence-corrected chi connectivity index (χ4v) is 3.61. The molecule has 0 aliphatic carbocycles. The van der Waals surface area contributed by atoms with Gasteiger partial charge in [-0.3, -0.25) is 9.59 Å². The number of hydrogen-bond acceptors (Lipinski definition) is 5. The van der Waals surface area contributed by atoms with E-state index in [0.29, 0.717) is 27.4 Å². The van der Waals surface area contributed by atoms with Crippen LogP contribution in [0.4, 0.5) is 11.5 Å². The molecule has 3 aromatic rings. The van der Waals surface area contributed by atoms with Crippen LogP contribution in [0.15, 0.2) is 54.7 Å². The lowest BCUT2D eigenvalue weighted by Crippen LogP contribution is -2.30. The Hall–Kier alpha value is -3.42. The Balaban J connectivity index is 1.80. The zero-order chi connectivity index (χ0) is 24.1.